The summed E-state index contributed by atoms with van der Waals surface area (Å²) in [6.07, 6.45) is 0.939. The Hall–Kier alpha value is -3.82. The smallest absolute Gasteiger partial charge is 0.414 e. The average Bonchev–Trinajstić information content (AvgIpc) is 2.92. The molecule has 3 aromatic rings. The lowest BCUT2D eigenvalue weighted by Crippen LogP contribution is -2.27. The van der Waals surface area contributed by atoms with E-state index in [1.807, 2.05) is 74.4 Å². The molecule has 8 nitrogen and oxygen atoms in total. The second-order valence-electron chi connectivity index (χ2n) is 8.52. The van der Waals surface area contributed by atoms with Gasteiger partial charge in [-0.05, 0) is 68.0 Å². The van der Waals surface area contributed by atoms with Crippen LogP contribution in [-0.4, -0.2) is 72.5 Å². The second-order valence-corrected chi connectivity index (χ2v) is 9.62. The van der Waals surface area contributed by atoms with Gasteiger partial charge in [0.05, 0.1) is 6.61 Å². The van der Waals surface area contributed by atoms with E-state index in [0.717, 1.165) is 41.3 Å². The van der Waals surface area contributed by atoms with Crippen molar-refractivity contribution in [3.63, 3.8) is 0 Å². The van der Waals surface area contributed by atoms with Crippen molar-refractivity contribution in [3.05, 3.63) is 90.0 Å². The standard InChI is InChI=1S/C27H32N2O2S.C2H2O4/c1-29(2)16-8-15-28-27(30)25-12-7-11-24(20-25)23-10-6-9-22(19-23)21-32-18-17-31-26-13-4-3-5-14-26;3-1(4)2(5)6/h3-7,9-14,19-20H,8,15-18,21H2,1-2H3,(H,28,30);(H,3,4)(H,5,6). The molecule has 0 aliphatic heterocycles. The quantitative estimate of drug-likeness (QED) is 0.228. The van der Waals surface area contributed by atoms with Gasteiger partial charge < -0.3 is 25.2 Å². The molecular formula is C29H34N2O6S. The largest absolute Gasteiger partial charge is 0.493 e. The van der Waals surface area contributed by atoms with Crippen molar-refractivity contribution in [2.24, 2.45) is 0 Å². The molecule has 0 spiro atoms. The van der Waals surface area contributed by atoms with Crippen molar-refractivity contribution in [2.75, 3.05) is 39.5 Å². The van der Waals surface area contributed by atoms with Crippen LogP contribution in [0.2, 0.25) is 0 Å². The number of carbonyl (C=O) groups is 3. The molecule has 3 rings (SSSR count). The highest BCUT2D eigenvalue weighted by Gasteiger charge is 2.08. The predicted octanol–water partition coefficient (Wildman–Crippen LogP) is 4.50. The lowest BCUT2D eigenvalue weighted by molar-refractivity contribution is -0.159. The van der Waals surface area contributed by atoms with Crippen LogP contribution in [0, 0.1) is 0 Å². The molecule has 38 heavy (non-hydrogen) atoms. The molecule has 0 aromatic heterocycles. The summed E-state index contributed by atoms with van der Waals surface area (Å²) in [7, 11) is 4.08. The van der Waals surface area contributed by atoms with Gasteiger partial charge in [-0.1, -0.05) is 54.6 Å². The summed E-state index contributed by atoms with van der Waals surface area (Å²) in [5, 5.41) is 17.8. The van der Waals surface area contributed by atoms with E-state index in [0.29, 0.717) is 18.7 Å². The Labute approximate surface area is 227 Å². The number of carboxylic acids is 2. The predicted molar refractivity (Wildman–Crippen MR) is 151 cm³/mol. The summed E-state index contributed by atoms with van der Waals surface area (Å²) in [5.41, 5.74) is 4.16. The molecule has 0 heterocycles. The first-order chi connectivity index (χ1) is 18.3. The number of nitrogens with one attached hydrogen (secondary N) is 1. The molecule has 0 fully saturated rings. The Balaban J connectivity index is 0.000000757. The van der Waals surface area contributed by atoms with Gasteiger partial charge in [-0.15, -0.1) is 0 Å². The maximum atomic E-state index is 12.5. The number of hydrogen-bond donors (Lipinski definition) is 3. The summed E-state index contributed by atoms with van der Waals surface area (Å²) in [6.45, 7) is 2.34. The van der Waals surface area contributed by atoms with Crippen molar-refractivity contribution >= 4 is 29.6 Å². The maximum Gasteiger partial charge on any atom is 0.414 e. The summed E-state index contributed by atoms with van der Waals surface area (Å²) in [5.74, 6) is -0.891. The third kappa shape index (κ3) is 11.9. The Kier molecular flexibility index (Phi) is 13.5. The summed E-state index contributed by atoms with van der Waals surface area (Å²) in [4.78, 5) is 32.8. The molecule has 9 heteroatoms. The molecule has 202 valence electrons. The van der Waals surface area contributed by atoms with Gasteiger partial charge in [0.2, 0.25) is 0 Å². The lowest BCUT2D eigenvalue weighted by atomic mass is 10.0. The minimum Gasteiger partial charge on any atom is -0.493 e. The molecule has 3 N–H and O–H groups in total. The van der Waals surface area contributed by atoms with E-state index in [-0.39, 0.29) is 5.91 Å². The number of carbonyl (C=O) groups excluding carboxylic acids is 1. The molecule has 0 saturated carbocycles. The highest BCUT2D eigenvalue weighted by atomic mass is 32.2. The highest BCUT2D eigenvalue weighted by Crippen LogP contribution is 2.24. The van der Waals surface area contributed by atoms with E-state index in [1.54, 1.807) is 0 Å². The number of ether oxygens (including phenoxy) is 1. The van der Waals surface area contributed by atoms with E-state index in [4.69, 9.17) is 24.5 Å². The second kappa shape index (κ2) is 16.8. The first-order valence-corrected chi connectivity index (χ1v) is 13.3. The zero-order valence-corrected chi connectivity index (χ0v) is 22.4. The van der Waals surface area contributed by atoms with Gasteiger partial charge in [0, 0.05) is 23.6 Å². The van der Waals surface area contributed by atoms with E-state index >= 15 is 0 Å². The average molecular weight is 539 g/mol. The first-order valence-electron chi connectivity index (χ1n) is 12.1. The fourth-order valence-electron chi connectivity index (χ4n) is 3.31. The molecule has 1 amide bonds. The van der Waals surface area contributed by atoms with E-state index in [9.17, 15) is 4.79 Å². The SMILES string of the molecule is CN(C)CCCNC(=O)c1cccc(-c2cccc(CSCCOc3ccccc3)c2)c1.O=C(O)C(=O)O. The number of rotatable bonds is 12. The van der Waals surface area contributed by atoms with Crippen LogP contribution < -0.4 is 10.1 Å². The molecule has 3 aromatic carbocycles. The Bertz CT molecular complexity index is 1160. The molecule has 0 aliphatic carbocycles. The van der Waals surface area contributed by atoms with Crippen LogP contribution in [0.3, 0.4) is 0 Å². The Morgan fingerprint density at radius 2 is 1.53 bits per heavy atom. The normalized spacial score (nSPS) is 10.3. The number of hydrogen-bond acceptors (Lipinski definition) is 6. The number of aliphatic carboxylic acids is 2. The van der Waals surface area contributed by atoms with E-state index < -0.39 is 11.9 Å². The van der Waals surface area contributed by atoms with E-state index in [2.05, 4.69) is 40.5 Å². The van der Waals surface area contributed by atoms with Crippen LogP contribution in [0.15, 0.2) is 78.9 Å². The van der Waals surface area contributed by atoms with Crippen LogP contribution in [-0.2, 0) is 15.3 Å². The van der Waals surface area contributed by atoms with Gasteiger partial charge in [-0.2, -0.15) is 11.8 Å². The topological polar surface area (TPSA) is 116 Å². The van der Waals surface area contributed by atoms with Gasteiger partial charge >= 0.3 is 11.9 Å². The van der Waals surface area contributed by atoms with Gasteiger partial charge in [0.25, 0.3) is 5.91 Å². The van der Waals surface area contributed by atoms with Crippen molar-refractivity contribution < 1.29 is 29.3 Å². The number of carboxylic acid groups (broad SMARTS) is 2. The molecular weight excluding hydrogens is 504 g/mol. The molecule has 0 atom stereocenters. The van der Waals surface area contributed by atoms with Crippen molar-refractivity contribution in [3.8, 4) is 16.9 Å². The number of amides is 1. The van der Waals surface area contributed by atoms with Gasteiger partial charge in [-0.3, -0.25) is 4.79 Å². The monoisotopic (exact) mass is 538 g/mol. The van der Waals surface area contributed by atoms with Gasteiger partial charge in [-0.25, -0.2) is 9.59 Å². The summed E-state index contributed by atoms with van der Waals surface area (Å²) < 4.78 is 5.76. The third-order valence-electron chi connectivity index (χ3n) is 5.14. The molecule has 0 radical (unpaired) electrons. The molecule has 0 aliphatic rings. The molecule has 0 unspecified atom stereocenters. The lowest BCUT2D eigenvalue weighted by Gasteiger charge is -2.11. The molecule has 0 saturated heterocycles. The fraction of sp³-hybridized carbons (Fsp3) is 0.276. The summed E-state index contributed by atoms with van der Waals surface area (Å²) in [6, 6.07) is 26.3. The van der Waals surface area contributed by atoms with Crippen molar-refractivity contribution in [1.29, 1.82) is 0 Å². The number of nitrogens with zero attached hydrogens (tertiary/aromatic N) is 1. The first kappa shape index (κ1) is 30.4. The minimum atomic E-state index is -1.82. The van der Waals surface area contributed by atoms with Crippen molar-refractivity contribution in [2.45, 2.75) is 12.2 Å². The maximum absolute atomic E-state index is 12.5. The zero-order valence-electron chi connectivity index (χ0n) is 21.6. The Morgan fingerprint density at radius 3 is 2.18 bits per heavy atom. The Morgan fingerprint density at radius 1 is 0.868 bits per heavy atom. The van der Waals surface area contributed by atoms with Crippen LogP contribution in [0.5, 0.6) is 5.75 Å². The van der Waals surface area contributed by atoms with Gasteiger partial charge in [0.1, 0.15) is 5.75 Å². The number of benzene rings is 3. The highest BCUT2D eigenvalue weighted by molar-refractivity contribution is 7.98. The molecule has 0 bridgehead atoms. The van der Waals surface area contributed by atoms with E-state index in [1.165, 1.54) is 5.56 Å². The van der Waals surface area contributed by atoms with Crippen LogP contribution in [0.25, 0.3) is 11.1 Å². The number of para-hydroxylation sites is 1. The van der Waals surface area contributed by atoms with Crippen LogP contribution in [0.1, 0.15) is 22.3 Å². The number of thioether (sulfide) groups is 1. The van der Waals surface area contributed by atoms with Crippen LogP contribution in [0.4, 0.5) is 0 Å². The minimum absolute atomic E-state index is 0.0178. The van der Waals surface area contributed by atoms with Crippen LogP contribution >= 0.6 is 11.8 Å². The summed E-state index contributed by atoms with van der Waals surface area (Å²) >= 11 is 1.86. The third-order valence-corrected chi connectivity index (χ3v) is 6.14. The van der Waals surface area contributed by atoms with Crippen molar-refractivity contribution in [1.82, 2.24) is 10.2 Å². The van der Waals surface area contributed by atoms with Gasteiger partial charge in [0.15, 0.2) is 0 Å². The zero-order chi connectivity index (χ0) is 27.8. The fourth-order valence-corrected chi connectivity index (χ4v) is 4.07.